The highest BCUT2D eigenvalue weighted by Gasteiger charge is 2.14. The van der Waals surface area contributed by atoms with Crippen molar-refractivity contribution in [3.63, 3.8) is 0 Å². The van der Waals surface area contributed by atoms with E-state index in [1.807, 2.05) is 0 Å². The van der Waals surface area contributed by atoms with Gasteiger partial charge >= 0.3 is 5.97 Å². The molecule has 3 N–H and O–H groups in total. The van der Waals surface area contributed by atoms with E-state index in [0.717, 1.165) is 0 Å². The molecule has 1 amide bonds. The number of carbonyl (C=O) groups is 2. The van der Waals surface area contributed by atoms with E-state index < -0.39 is 11.9 Å². The van der Waals surface area contributed by atoms with Gasteiger partial charge in [-0.1, -0.05) is 5.92 Å². The van der Waals surface area contributed by atoms with Gasteiger partial charge in [-0.2, -0.15) is 0 Å². The van der Waals surface area contributed by atoms with E-state index in [9.17, 15) is 9.59 Å². The van der Waals surface area contributed by atoms with Crippen LogP contribution < -0.4 is 5.73 Å². The predicted octanol–water partition coefficient (Wildman–Crippen LogP) is 0.465. The van der Waals surface area contributed by atoms with Crippen molar-refractivity contribution in [2.24, 2.45) is 5.73 Å². The Kier molecular flexibility index (Phi) is 2.54. The van der Waals surface area contributed by atoms with Gasteiger partial charge in [-0.25, -0.2) is 4.79 Å². The molecule has 0 aromatic heterocycles. The highest BCUT2D eigenvalue weighted by molar-refractivity contribution is 6.04. The summed E-state index contributed by atoms with van der Waals surface area (Å²) in [6.45, 7) is 0. The average Bonchev–Trinajstić information content (AvgIpc) is 2.16. The highest BCUT2D eigenvalue weighted by atomic mass is 16.4. The molecule has 4 heteroatoms. The van der Waals surface area contributed by atoms with E-state index in [1.165, 1.54) is 18.2 Å². The van der Waals surface area contributed by atoms with Crippen LogP contribution in [0.5, 0.6) is 0 Å². The monoisotopic (exact) mass is 189 g/mol. The summed E-state index contributed by atoms with van der Waals surface area (Å²) in [6, 6.07) is 4.01. The van der Waals surface area contributed by atoms with Gasteiger partial charge in [0.05, 0.1) is 11.1 Å². The number of primary amides is 1. The minimum Gasteiger partial charge on any atom is -0.478 e. The smallest absolute Gasteiger partial charge is 0.336 e. The third kappa shape index (κ3) is 1.72. The Morgan fingerprint density at radius 2 is 2.00 bits per heavy atom. The van der Waals surface area contributed by atoms with E-state index in [-0.39, 0.29) is 11.1 Å². The molecule has 0 unspecified atom stereocenters. The lowest BCUT2D eigenvalue weighted by atomic mass is 10.0. The Morgan fingerprint density at radius 3 is 2.43 bits per heavy atom. The molecule has 0 aliphatic carbocycles. The molecular weight excluding hydrogens is 182 g/mol. The molecule has 0 saturated carbocycles. The number of carboxylic acid groups (broad SMARTS) is 1. The maximum atomic E-state index is 10.8. The third-order valence-electron chi connectivity index (χ3n) is 1.68. The molecule has 14 heavy (non-hydrogen) atoms. The van der Waals surface area contributed by atoms with E-state index in [4.69, 9.17) is 17.3 Å². The van der Waals surface area contributed by atoms with Gasteiger partial charge in [0.25, 0.3) is 0 Å². The number of carbonyl (C=O) groups excluding carboxylic acids is 1. The van der Waals surface area contributed by atoms with Gasteiger partial charge in [0, 0.05) is 5.56 Å². The largest absolute Gasteiger partial charge is 0.478 e. The van der Waals surface area contributed by atoms with Crippen LogP contribution in [-0.2, 0) is 0 Å². The molecule has 0 aliphatic rings. The van der Waals surface area contributed by atoms with Gasteiger partial charge < -0.3 is 10.8 Å². The maximum absolute atomic E-state index is 10.8. The van der Waals surface area contributed by atoms with Crippen LogP contribution in [0.1, 0.15) is 26.3 Å². The summed E-state index contributed by atoms with van der Waals surface area (Å²) < 4.78 is 0. The molecule has 0 aliphatic heterocycles. The van der Waals surface area contributed by atoms with Crippen LogP contribution in [0.25, 0.3) is 0 Å². The van der Waals surface area contributed by atoms with E-state index in [1.54, 1.807) is 0 Å². The first-order valence-corrected chi connectivity index (χ1v) is 3.70. The molecule has 0 spiro atoms. The van der Waals surface area contributed by atoms with Crippen molar-refractivity contribution in [2.45, 2.75) is 0 Å². The SMILES string of the molecule is C#Cc1ccc(C(N)=O)c(C(=O)O)c1. The van der Waals surface area contributed by atoms with Gasteiger partial charge in [0.2, 0.25) is 5.91 Å². The molecular formula is C10H7NO3. The van der Waals surface area contributed by atoms with Gasteiger partial charge in [0.15, 0.2) is 0 Å². The Morgan fingerprint density at radius 1 is 1.36 bits per heavy atom. The minimum atomic E-state index is -1.23. The normalized spacial score (nSPS) is 9.07. The number of hydrogen-bond acceptors (Lipinski definition) is 2. The summed E-state index contributed by atoms with van der Waals surface area (Å²) in [5.74, 6) is 0.261. The fourth-order valence-electron chi connectivity index (χ4n) is 1.03. The van der Waals surface area contributed by atoms with Gasteiger partial charge in [0.1, 0.15) is 0 Å². The first-order valence-electron chi connectivity index (χ1n) is 3.70. The minimum absolute atomic E-state index is 0.0449. The quantitative estimate of drug-likeness (QED) is 0.663. The van der Waals surface area contributed by atoms with Crippen LogP contribution in [0.4, 0.5) is 0 Å². The number of nitrogens with two attached hydrogens (primary N) is 1. The summed E-state index contributed by atoms with van der Waals surface area (Å²) in [5, 5.41) is 8.76. The molecule has 0 fully saturated rings. The zero-order valence-electron chi connectivity index (χ0n) is 7.15. The number of amides is 1. The summed E-state index contributed by atoms with van der Waals surface area (Å²) in [4.78, 5) is 21.6. The van der Waals surface area contributed by atoms with Crippen LogP contribution in [0.15, 0.2) is 18.2 Å². The fourth-order valence-corrected chi connectivity index (χ4v) is 1.03. The van der Waals surface area contributed by atoms with E-state index >= 15 is 0 Å². The van der Waals surface area contributed by atoms with Crippen LogP contribution in [-0.4, -0.2) is 17.0 Å². The Labute approximate surface area is 80.3 Å². The van der Waals surface area contributed by atoms with E-state index in [0.29, 0.717) is 5.56 Å². The Hall–Kier alpha value is -2.28. The first-order chi connectivity index (χ1) is 6.56. The number of carboxylic acids is 1. The molecule has 0 bridgehead atoms. The second-order valence-corrected chi connectivity index (χ2v) is 2.57. The van der Waals surface area contributed by atoms with Crippen LogP contribution in [0.3, 0.4) is 0 Å². The third-order valence-corrected chi connectivity index (χ3v) is 1.68. The predicted molar refractivity (Wildman–Crippen MR) is 49.9 cm³/mol. The molecule has 70 valence electrons. The standard InChI is InChI=1S/C10H7NO3/c1-2-6-3-4-7(9(11)12)8(5-6)10(13)14/h1,3-5H,(H2,11,12)(H,13,14). The number of hydrogen-bond donors (Lipinski definition) is 2. The fraction of sp³-hybridized carbons (Fsp3) is 0. The van der Waals surface area contributed by atoms with E-state index in [2.05, 4.69) is 5.92 Å². The van der Waals surface area contributed by atoms with Crippen LogP contribution in [0.2, 0.25) is 0 Å². The highest BCUT2D eigenvalue weighted by Crippen LogP contribution is 2.11. The number of terminal acetylenes is 1. The van der Waals surface area contributed by atoms with Crippen LogP contribution in [0, 0.1) is 12.3 Å². The van der Waals surface area contributed by atoms with Crippen molar-refractivity contribution in [3.8, 4) is 12.3 Å². The summed E-state index contributed by atoms with van der Waals surface area (Å²) in [5.41, 5.74) is 5.17. The maximum Gasteiger partial charge on any atom is 0.336 e. The lowest BCUT2D eigenvalue weighted by Crippen LogP contribution is -2.16. The average molecular weight is 189 g/mol. The zero-order chi connectivity index (χ0) is 10.7. The van der Waals surface area contributed by atoms with Crippen molar-refractivity contribution in [1.82, 2.24) is 0 Å². The molecule has 0 radical (unpaired) electrons. The molecule has 0 heterocycles. The number of aromatic carboxylic acids is 1. The summed E-state index contributed by atoms with van der Waals surface area (Å²) in [6.07, 6.45) is 5.09. The molecule has 4 nitrogen and oxygen atoms in total. The Balaban J connectivity index is 3.40. The Bertz CT molecular complexity index is 443. The summed E-state index contributed by atoms with van der Waals surface area (Å²) >= 11 is 0. The second kappa shape index (κ2) is 3.62. The molecule has 1 aromatic rings. The van der Waals surface area contributed by atoms with Crippen molar-refractivity contribution >= 4 is 11.9 Å². The van der Waals surface area contributed by atoms with Crippen LogP contribution >= 0.6 is 0 Å². The molecule has 1 rings (SSSR count). The van der Waals surface area contributed by atoms with Gasteiger partial charge in [-0.15, -0.1) is 6.42 Å². The topological polar surface area (TPSA) is 80.4 Å². The summed E-state index contributed by atoms with van der Waals surface area (Å²) in [7, 11) is 0. The number of benzene rings is 1. The van der Waals surface area contributed by atoms with Crippen molar-refractivity contribution in [2.75, 3.05) is 0 Å². The van der Waals surface area contributed by atoms with Crippen molar-refractivity contribution in [1.29, 1.82) is 0 Å². The van der Waals surface area contributed by atoms with Crippen molar-refractivity contribution in [3.05, 3.63) is 34.9 Å². The number of rotatable bonds is 2. The lowest BCUT2D eigenvalue weighted by Gasteiger charge is -2.01. The van der Waals surface area contributed by atoms with Gasteiger partial charge in [-0.3, -0.25) is 4.79 Å². The second-order valence-electron chi connectivity index (χ2n) is 2.57. The molecule has 0 atom stereocenters. The zero-order valence-corrected chi connectivity index (χ0v) is 7.15. The molecule has 0 saturated heterocycles. The molecule has 1 aromatic carbocycles. The first kappa shape index (κ1) is 9.81. The van der Waals surface area contributed by atoms with Gasteiger partial charge in [-0.05, 0) is 18.2 Å². The van der Waals surface area contributed by atoms with Crippen molar-refractivity contribution < 1.29 is 14.7 Å². The lowest BCUT2D eigenvalue weighted by molar-refractivity contribution is 0.0692.